The number of hydrogen-bond acceptors (Lipinski definition) is 3. The van der Waals surface area contributed by atoms with Crippen LogP contribution in [0.15, 0.2) is 72.9 Å². The van der Waals surface area contributed by atoms with E-state index in [4.69, 9.17) is 9.84 Å². The van der Waals surface area contributed by atoms with E-state index in [0.717, 1.165) is 33.9 Å². The summed E-state index contributed by atoms with van der Waals surface area (Å²) in [7, 11) is 1.67. The predicted octanol–water partition coefficient (Wildman–Crippen LogP) is 4.07. The molecule has 0 bridgehead atoms. The molecule has 0 fully saturated rings. The fraction of sp³-hybridized carbons (Fsp3) is 0.0526. The van der Waals surface area contributed by atoms with Crippen molar-refractivity contribution in [1.29, 1.82) is 0 Å². The average Bonchev–Trinajstić information content (AvgIpc) is 3.07. The topological polar surface area (TPSA) is 39.4 Å². The Bertz CT molecular complexity index is 943. The van der Waals surface area contributed by atoms with Crippen LogP contribution in [0.2, 0.25) is 0 Å². The molecule has 4 heteroatoms. The molecule has 4 rings (SSSR count). The molecule has 0 atom stereocenters. The first-order valence-electron chi connectivity index (χ1n) is 7.40. The summed E-state index contributed by atoms with van der Waals surface area (Å²) in [4.78, 5) is 4.42. The third-order valence-corrected chi connectivity index (χ3v) is 3.81. The number of benzene rings is 2. The normalized spacial score (nSPS) is 10.8. The highest BCUT2D eigenvalue weighted by Crippen LogP contribution is 2.25. The Balaban J connectivity index is 1.85. The van der Waals surface area contributed by atoms with Crippen molar-refractivity contribution >= 4 is 5.65 Å². The Morgan fingerprint density at radius 1 is 0.870 bits per heavy atom. The molecule has 0 spiro atoms. The highest BCUT2D eigenvalue weighted by Gasteiger charge is 2.09. The molecule has 0 aliphatic carbocycles. The summed E-state index contributed by atoms with van der Waals surface area (Å²) in [6, 6.07) is 22.0. The van der Waals surface area contributed by atoms with Gasteiger partial charge in [-0.3, -0.25) is 0 Å². The minimum atomic E-state index is 0.831. The minimum Gasteiger partial charge on any atom is -0.497 e. The molecule has 0 radical (unpaired) electrons. The van der Waals surface area contributed by atoms with Crippen molar-refractivity contribution in [3.63, 3.8) is 0 Å². The minimum absolute atomic E-state index is 0.831. The summed E-state index contributed by atoms with van der Waals surface area (Å²) >= 11 is 0. The third-order valence-electron chi connectivity index (χ3n) is 3.81. The van der Waals surface area contributed by atoms with Gasteiger partial charge in [-0.15, -0.1) is 0 Å². The number of aromatic nitrogens is 3. The zero-order chi connectivity index (χ0) is 15.6. The largest absolute Gasteiger partial charge is 0.497 e. The van der Waals surface area contributed by atoms with Crippen LogP contribution in [0.5, 0.6) is 5.75 Å². The fourth-order valence-electron chi connectivity index (χ4n) is 2.63. The zero-order valence-electron chi connectivity index (χ0n) is 12.7. The molecular weight excluding hydrogens is 286 g/mol. The van der Waals surface area contributed by atoms with Crippen LogP contribution < -0.4 is 4.74 Å². The van der Waals surface area contributed by atoms with E-state index in [1.165, 1.54) is 0 Å². The van der Waals surface area contributed by atoms with Gasteiger partial charge in [0.1, 0.15) is 5.75 Å². The van der Waals surface area contributed by atoms with Gasteiger partial charge in [-0.2, -0.15) is 5.10 Å². The van der Waals surface area contributed by atoms with Gasteiger partial charge in [-0.25, -0.2) is 9.50 Å². The van der Waals surface area contributed by atoms with Crippen molar-refractivity contribution in [1.82, 2.24) is 14.6 Å². The van der Waals surface area contributed by atoms with Crippen LogP contribution in [-0.2, 0) is 0 Å². The van der Waals surface area contributed by atoms with E-state index in [1.54, 1.807) is 7.11 Å². The smallest absolute Gasteiger partial charge is 0.156 e. The molecule has 0 N–H and O–H groups in total. The maximum absolute atomic E-state index is 5.22. The second-order valence-electron chi connectivity index (χ2n) is 5.22. The van der Waals surface area contributed by atoms with Gasteiger partial charge >= 0.3 is 0 Å². The van der Waals surface area contributed by atoms with E-state index >= 15 is 0 Å². The Morgan fingerprint density at radius 3 is 2.39 bits per heavy atom. The quantitative estimate of drug-likeness (QED) is 0.572. The maximum Gasteiger partial charge on any atom is 0.156 e. The molecule has 4 aromatic rings. The van der Waals surface area contributed by atoms with Gasteiger partial charge in [-0.05, 0) is 30.3 Å². The molecule has 2 heterocycles. The maximum atomic E-state index is 5.22. The fourth-order valence-corrected chi connectivity index (χ4v) is 2.63. The first-order valence-corrected chi connectivity index (χ1v) is 7.40. The van der Waals surface area contributed by atoms with Crippen molar-refractivity contribution in [3.8, 4) is 28.3 Å². The molecule has 0 saturated heterocycles. The lowest BCUT2D eigenvalue weighted by Gasteiger charge is -2.05. The van der Waals surface area contributed by atoms with Crippen molar-refractivity contribution in [2.24, 2.45) is 0 Å². The molecule has 0 amide bonds. The molecule has 112 valence electrons. The number of fused-ring (bicyclic) bond motifs is 1. The first-order chi connectivity index (χ1) is 11.3. The molecule has 0 saturated carbocycles. The number of rotatable bonds is 3. The van der Waals surface area contributed by atoms with Crippen LogP contribution in [0, 0.1) is 0 Å². The van der Waals surface area contributed by atoms with Gasteiger partial charge in [0, 0.05) is 23.4 Å². The van der Waals surface area contributed by atoms with E-state index in [1.807, 2.05) is 65.3 Å². The average molecular weight is 301 g/mol. The van der Waals surface area contributed by atoms with Crippen molar-refractivity contribution < 1.29 is 4.74 Å². The van der Waals surface area contributed by atoms with Crippen molar-refractivity contribution in [2.75, 3.05) is 7.11 Å². The second-order valence-corrected chi connectivity index (χ2v) is 5.22. The standard InChI is InChI=1S/C19H15N3O/c1-23-16-9-7-15(8-10-16)18-11-12-20-19-13-17(21-22(18)19)14-5-3-2-4-6-14/h2-13H,1H3. The van der Waals surface area contributed by atoms with Crippen molar-refractivity contribution in [3.05, 3.63) is 72.9 Å². The SMILES string of the molecule is COc1ccc(-c2ccnc3cc(-c4ccccc4)nn23)cc1. The Hall–Kier alpha value is -3.14. The molecule has 0 aliphatic heterocycles. The molecule has 2 aromatic carbocycles. The lowest BCUT2D eigenvalue weighted by atomic mass is 10.1. The van der Waals surface area contributed by atoms with Gasteiger partial charge in [-0.1, -0.05) is 30.3 Å². The number of hydrogen-bond donors (Lipinski definition) is 0. The van der Waals surface area contributed by atoms with Crippen LogP contribution in [0.4, 0.5) is 0 Å². The van der Waals surface area contributed by atoms with E-state index in [2.05, 4.69) is 17.1 Å². The van der Waals surface area contributed by atoms with Crippen molar-refractivity contribution in [2.45, 2.75) is 0 Å². The van der Waals surface area contributed by atoms with E-state index in [9.17, 15) is 0 Å². The highest BCUT2D eigenvalue weighted by molar-refractivity contribution is 5.68. The van der Waals surface area contributed by atoms with Crippen LogP contribution in [-0.4, -0.2) is 21.7 Å². The monoisotopic (exact) mass is 301 g/mol. The van der Waals surface area contributed by atoms with E-state index in [0.29, 0.717) is 0 Å². The molecular formula is C19H15N3O. The second kappa shape index (κ2) is 5.57. The Labute approximate surface area is 134 Å². The molecule has 4 nitrogen and oxygen atoms in total. The molecule has 2 aromatic heterocycles. The summed E-state index contributed by atoms with van der Waals surface area (Å²) < 4.78 is 7.10. The van der Waals surface area contributed by atoms with E-state index < -0.39 is 0 Å². The lowest BCUT2D eigenvalue weighted by Crippen LogP contribution is -1.95. The first kappa shape index (κ1) is 13.5. The van der Waals surface area contributed by atoms with Crippen LogP contribution in [0.3, 0.4) is 0 Å². The van der Waals surface area contributed by atoms with E-state index in [-0.39, 0.29) is 0 Å². The molecule has 23 heavy (non-hydrogen) atoms. The Kier molecular flexibility index (Phi) is 3.27. The summed E-state index contributed by atoms with van der Waals surface area (Å²) in [6.45, 7) is 0. The molecule has 0 aliphatic rings. The van der Waals surface area contributed by atoms with Crippen LogP contribution in [0.1, 0.15) is 0 Å². The summed E-state index contributed by atoms with van der Waals surface area (Å²) in [5, 5.41) is 4.72. The van der Waals surface area contributed by atoms with Gasteiger partial charge in [0.2, 0.25) is 0 Å². The lowest BCUT2D eigenvalue weighted by molar-refractivity contribution is 0.415. The zero-order valence-corrected chi connectivity index (χ0v) is 12.7. The van der Waals surface area contributed by atoms with Crippen LogP contribution in [0.25, 0.3) is 28.2 Å². The number of methoxy groups -OCH3 is 1. The third kappa shape index (κ3) is 2.44. The van der Waals surface area contributed by atoms with Gasteiger partial charge in [0.25, 0.3) is 0 Å². The van der Waals surface area contributed by atoms with Gasteiger partial charge in [0.05, 0.1) is 18.5 Å². The number of ether oxygens (including phenoxy) is 1. The van der Waals surface area contributed by atoms with Crippen LogP contribution >= 0.6 is 0 Å². The Morgan fingerprint density at radius 2 is 1.65 bits per heavy atom. The number of nitrogens with zero attached hydrogens (tertiary/aromatic N) is 3. The highest BCUT2D eigenvalue weighted by atomic mass is 16.5. The van der Waals surface area contributed by atoms with Gasteiger partial charge in [0.15, 0.2) is 5.65 Å². The summed E-state index contributed by atoms with van der Waals surface area (Å²) in [5.74, 6) is 0.837. The summed E-state index contributed by atoms with van der Waals surface area (Å²) in [6.07, 6.45) is 1.81. The molecule has 0 unspecified atom stereocenters. The summed E-state index contributed by atoms with van der Waals surface area (Å²) in [5.41, 5.74) is 4.90. The van der Waals surface area contributed by atoms with Gasteiger partial charge < -0.3 is 4.74 Å². The predicted molar refractivity (Wildman–Crippen MR) is 90.4 cm³/mol.